The van der Waals surface area contributed by atoms with Crippen LogP contribution in [0.25, 0.3) is 0 Å². The van der Waals surface area contributed by atoms with Crippen molar-refractivity contribution in [1.82, 2.24) is 10.2 Å². The standard InChI is InChI=1S/C17H15FN2O5/c1-17(10-3-5-11(18)6-4-10)15(22)20(16(23)19-17)9-12-7-8-13(25-12)14(21)24-2/h3-8H,9H2,1-2H3,(H,19,23). The van der Waals surface area contributed by atoms with Gasteiger partial charge in [0.1, 0.15) is 17.1 Å². The van der Waals surface area contributed by atoms with E-state index < -0.39 is 29.3 Å². The Labute approximate surface area is 142 Å². The fourth-order valence-electron chi connectivity index (χ4n) is 2.65. The summed E-state index contributed by atoms with van der Waals surface area (Å²) in [6.45, 7) is 1.40. The van der Waals surface area contributed by atoms with E-state index >= 15 is 0 Å². The Morgan fingerprint density at radius 1 is 1.24 bits per heavy atom. The third-order valence-electron chi connectivity index (χ3n) is 4.06. The van der Waals surface area contributed by atoms with E-state index in [1.807, 2.05) is 0 Å². The van der Waals surface area contributed by atoms with Crippen LogP contribution >= 0.6 is 0 Å². The molecule has 130 valence electrons. The van der Waals surface area contributed by atoms with E-state index in [4.69, 9.17) is 4.42 Å². The topological polar surface area (TPSA) is 88.9 Å². The predicted octanol–water partition coefficient (Wildman–Crippen LogP) is 2.17. The zero-order chi connectivity index (χ0) is 18.2. The molecule has 0 radical (unpaired) electrons. The van der Waals surface area contributed by atoms with Crippen LogP contribution in [0.15, 0.2) is 40.8 Å². The second-order valence-corrected chi connectivity index (χ2v) is 5.71. The van der Waals surface area contributed by atoms with Gasteiger partial charge in [-0.2, -0.15) is 0 Å². The highest BCUT2D eigenvalue weighted by molar-refractivity contribution is 6.07. The molecule has 2 aromatic rings. The molecule has 3 amide bonds. The van der Waals surface area contributed by atoms with Crippen LogP contribution in [0.4, 0.5) is 9.18 Å². The number of nitrogens with one attached hydrogen (secondary N) is 1. The molecule has 1 atom stereocenters. The van der Waals surface area contributed by atoms with Gasteiger partial charge >= 0.3 is 12.0 Å². The van der Waals surface area contributed by atoms with Crippen molar-refractivity contribution < 1.29 is 27.9 Å². The molecular weight excluding hydrogens is 331 g/mol. The first kappa shape index (κ1) is 16.7. The van der Waals surface area contributed by atoms with Crippen molar-refractivity contribution in [2.45, 2.75) is 19.0 Å². The summed E-state index contributed by atoms with van der Waals surface area (Å²) in [7, 11) is 1.22. The number of carbonyl (C=O) groups excluding carboxylic acids is 3. The van der Waals surface area contributed by atoms with Crippen LogP contribution in [0.5, 0.6) is 0 Å². The van der Waals surface area contributed by atoms with Crippen LogP contribution < -0.4 is 5.32 Å². The number of rotatable bonds is 4. The van der Waals surface area contributed by atoms with Gasteiger partial charge in [0.25, 0.3) is 5.91 Å². The summed E-state index contributed by atoms with van der Waals surface area (Å²) in [6, 6.07) is 7.61. The minimum absolute atomic E-state index is 0.0224. The Kier molecular flexibility index (Phi) is 4.03. The second-order valence-electron chi connectivity index (χ2n) is 5.71. The number of ether oxygens (including phenoxy) is 1. The number of hydrogen-bond acceptors (Lipinski definition) is 5. The zero-order valence-corrected chi connectivity index (χ0v) is 13.5. The van der Waals surface area contributed by atoms with E-state index in [2.05, 4.69) is 10.1 Å². The van der Waals surface area contributed by atoms with Crippen LogP contribution in [0.1, 0.15) is 28.8 Å². The summed E-state index contributed by atoms with van der Waals surface area (Å²) < 4.78 is 22.9. The lowest BCUT2D eigenvalue weighted by Crippen LogP contribution is -2.40. The van der Waals surface area contributed by atoms with Gasteiger partial charge in [0, 0.05) is 0 Å². The van der Waals surface area contributed by atoms with Crippen LogP contribution in [-0.4, -0.2) is 29.9 Å². The highest BCUT2D eigenvalue weighted by atomic mass is 19.1. The Balaban J connectivity index is 1.83. The fourth-order valence-corrected chi connectivity index (χ4v) is 2.65. The molecule has 1 fully saturated rings. The number of urea groups is 1. The number of halogens is 1. The molecule has 1 saturated heterocycles. The molecule has 1 N–H and O–H groups in total. The Hall–Kier alpha value is -3.16. The third kappa shape index (κ3) is 2.86. The summed E-state index contributed by atoms with van der Waals surface area (Å²) >= 11 is 0. The molecule has 25 heavy (non-hydrogen) atoms. The normalized spacial score (nSPS) is 19.9. The molecule has 7 nitrogen and oxygen atoms in total. The minimum atomic E-state index is -1.30. The van der Waals surface area contributed by atoms with Crippen molar-refractivity contribution in [1.29, 1.82) is 0 Å². The SMILES string of the molecule is COC(=O)c1ccc(CN2C(=O)NC(C)(c3ccc(F)cc3)C2=O)o1. The molecule has 1 unspecified atom stereocenters. The van der Waals surface area contributed by atoms with Crippen molar-refractivity contribution in [2.24, 2.45) is 0 Å². The summed E-state index contributed by atoms with van der Waals surface area (Å²) in [4.78, 5) is 37.3. The van der Waals surface area contributed by atoms with Gasteiger partial charge in [-0.15, -0.1) is 0 Å². The number of imide groups is 1. The number of nitrogens with zero attached hydrogens (tertiary/aromatic N) is 1. The lowest BCUT2D eigenvalue weighted by molar-refractivity contribution is -0.131. The van der Waals surface area contributed by atoms with Crippen molar-refractivity contribution in [3.05, 3.63) is 59.3 Å². The summed E-state index contributed by atoms with van der Waals surface area (Å²) in [5, 5.41) is 2.61. The number of hydrogen-bond donors (Lipinski definition) is 1. The van der Waals surface area contributed by atoms with Crippen LogP contribution in [0.3, 0.4) is 0 Å². The van der Waals surface area contributed by atoms with Crippen molar-refractivity contribution in [3.63, 3.8) is 0 Å². The Morgan fingerprint density at radius 3 is 2.56 bits per heavy atom. The molecule has 1 aliphatic heterocycles. The number of amides is 3. The molecule has 0 spiro atoms. The molecule has 1 aromatic carbocycles. The number of carbonyl (C=O) groups is 3. The Bertz CT molecular complexity index is 845. The number of esters is 1. The van der Waals surface area contributed by atoms with Gasteiger partial charge in [-0.3, -0.25) is 9.69 Å². The molecule has 2 heterocycles. The third-order valence-corrected chi connectivity index (χ3v) is 4.06. The molecule has 0 bridgehead atoms. The van der Waals surface area contributed by atoms with Gasteiger partial charge in [-0.05, 0) is 36.8 Å². The van der Waals surface area contributed by atoms with Gasteiger partial charge in [0.05, 0.1) is 13.7 Å². The number of methoxy groups -OCH3 is 1. The van der Waals surface area contributed by atoms with E-state index in [-0.39, 0.29) is 18.1 Å². The molecule has 8 heteroatoms. The molecule has 0 aliphatic carbocycles. The lowest BCUT2D eigenvalue weighted by atomic mass is 9.92. The van der Waals surface area contributed by atoms with Gasteiger partial charge in [-0.25, -0.2) is 14.0 Å². The molecular formula is C17H15FN2O5. The maximum atomic E-state index is 13.1. The first-order chi connectivity index (χ1) is 11.8. The number of furan rings is 1. The zero-order valence-electron chi connectivity index (χ0n) is 13.5. The van der Waals surface area contributed by atoms with Crippen molar-refractivity contribution in [2.75, 3.05) is 7.11 Å². The van der Waals surface area contributed by atoms with Crippen LogP contribution in [-0.2, 0) is 21.6 Å². The van der Waals surface area contributed by atoms with Crippen LogP contribution in [0.2, 0.25) is 0 Å². The first-order valence-corrected chi connectivity index (χ1v) is 7.42. The van der Waals surface area contributed by atoms with Gasteiger partial charge in [-0.1, -0.05) is 12.1 Å². The van der Waals surface area contributed by atoms with Crippen molar-refractivity contribution >= 4 is 17.9 Å². The highest BCUT2D eigenvalue weighted by Crippen LogP contribution is 2.30. The average molecular weight is 346 g/mol. The predicted molar refractivity (Wildman–Crippen MR) is 82.9 cm³/mol. The van der Waals surface area contributed by atoms with E-state index in [9.17, 15) is 18.8 Å². The second kappa shape index (κ2) is 6.04. The first-order valence-electron chi connectivity index (χ1n) is 7.42. The largest absolute Gasteiger partial charge is 0.463 e. The van der Waals surface area contributed by atoms with E-state index in [1.165, 1.54) is 43.5 Å². The quantitative estimate of drug-likeness (QED) is 0.677. The molecule has 1 aromatic heterocycles. The Morgan fingerprint density at radius 2 is 1.92 bits per heavy atom. The molecule has 1 aliphatic rings. The van der Waals surface area contributed by atoms with Crippen LogP contribution in [0, 0.1) is 5.82 Å². The lowest BCUT2D eigenvalue weighted by Gasteiger charge is -2.22. The highest BCUT2D eigenvalue weighted by Gasteiger charge is 2.49. The van der Waals surface area contributed by atoms with E-state index in [0.717, 1.165) is 4.90 Å². The maximum absolute atomic E-state index is 13.1. The van der Waals surface area contributed by atoms with E-state index in [0.29, 0.717) is 5.56 Å². The monoisotopic (exact) mass is 346 g/mol. The smallest absolute Gasteiger partial charge is 0.373 e. The summed E-state index contributed by atoms with van der Waals surface area (Å²) in [5.41, 5.74) is -0.841. The summed E-state index contributed by atoms with van der Waals surface area (Å²) in [5.74, 6) is -1.36. The summed E-state index contributed by atoms with van der Waals surface area (Å²) in [6.07, 6.45) is 0. The molecule has 0 saturated carbocycles. The minimum Gasteiger partial charge on any atom is -0.463 e. The van der Waals surface area contributed by atoms with Gasteiger partial charge in [0.15, 0.2) is 0 Å². The van der Waals surface area contributed by atoms with Gasteiger partial charge in [0.2, 0.25) is 5.76 Å². The fraction of sp³-hybridized carbons (Fsp3) is 0.235. The maximum Gasteiger partial charge on any atom is 0.373 e. The van der Waals surface area contributed by atoms with E-state index in [1.54, 1.807) is 6.92 Å². The van der Waals surface area contributed by atoms with Crippen molar-refractivity contribution in [3.8, 4) is 0 Å². The average Bonchev–Trinajstić information content (AvgIpc) is 3.14. The number of benzene rings is 1. The van der Waals surface area contributed by atoms with Gasteiger partial charge < -0.3 is 14.5 Å². The molecule has 3 rings (SSSR count).